The smallest absolute Gasteiger partial charge is 0.191 e. The van der Waals surface area contributed by atoms with Gasteiger partial charge < -0.3 is 15.5 Å². The second-order valence-corrected chi connectivity index (χ2v) is 6.85. The third-order valence-corrected chi connectivity index (χ3v) is 4.89. The highest BCUT2D eigenvalue weighted by atomic mass is 127. The summed E-state index contributed by atoms with van der Waals surface area (Å²) in [6.07, 6.45) is 3.79. The van der Waals surface area contributed by atoms with Gasteiger partial charge in [0.15, 0.2) is 16.7 Å². The van der Waals surface area contributed by atoms with Crippen LogP contribution in [0.25, 0.3) is 5.65 Å². The van der Waals surface area contributed by atoms with Crippen molar-refractivity contribution in [2.24, 2.45) is 4.99 Å². The number of hydrogen-bond acceptors (Lipinski definition) is 6. The van der Waals surface area contributed by atoms with Crippen molar-refractivity contribution in [2.75, 3.05) is 32.6 Å². The second-order valence-electron chi connectivity index (χ2n) is 6.02. The van der Waals surface area contributed by atoms with E-state index in [1.165, 1.54) is 0 Å². The molecule has 3 aromatic heterocycles. The van der Waals surface area contributed by atoms with E-state index in [-0.39, 0.29) is 24.0 Å². The van der Waals surface area contributed by atoms with Crippen molar-refractivity contribution in [3.8, 4) is 0 Å². The maximum atomic E-state index is 4.56. The van der Waals surface area contributed by atoms with Crippen LogP contribution in [-0.2, 0) is 13.0 Å². The molecule has 3 heterocycles. The molecule has 0 amide bonds. The molecule has 146 valence electrons. The Morgan fingerprint density at radius 1 is 1.26 bits per heavy atom. The summed E-state index contributed by atoms with van der Waals surface area (Å²) in [5, 5.41) is 18.1. The largest absolute Gasteiger partial charge is 0.356 e. The van der Waals surface area contributed by atoms with Gasteiger partial charge in [0.2, 0.25) is 0 Å². The first kappa shape index (κ1) is 21.4. The van der Waals surface area contributed by atoms with E-state index in [1.807, 2.05) is 47.8 Å². The van der Waals surface area contributed by atoms with Gasteiger partial charge in [0.05, 0.1) is 12.2 Å². The molecule has 0 atom stereocenters. The SMILES string of the molecule is CN=C(NCCCc1nnc2ccccn12)NCc1csc(N(C)C)n1.I. The first-order valence-electron chi connectivity index (χ1n) is 8.52. The third kappa shape index (κ3) is 5.76. The predicted molar refractivity (Wildman–Crippen MR) is 121 cm³/mol. The summed E-state index contributed by atoms with van der Waals surface area (Å²) in [6.45, 7) is 1.46. The lowest BCUT2D eigenvalue weighted by atomic mass is 10.3. The zero-order valence-electron chi connectivity index (χ0n) is 15.7. The predicted octanol–water partition coefficient (Wildman–Crippen LogP) is 2.17. The summed E-state index contributed by atoms with van der Waals surface area (Å²) >= 11 is 1.64. The van der Waals surface area contributed by atoms with Gasteiger partial charge in [-0.1, -0.05) is 6.07 Å². The number of fused-ring (bicyclic) bond motifs is 1. The zero-order chi connectivity index (χ0) is 18.4. The molecular formula is C17H25IN8S. The van der Waals surface area contributed by atoms with Crippen molar-refractivity contribution in [3.63, 3.8) is 0 Å². The van der Waals surface area contributed by atoms with E-state index in [0.29, 0.717) is 6.54 Å². The van der Waals surface area contributed by atoms with Crippen LogP contribution in [0.3, 0.4) is 0 Å². The van der Waals surface area contributed by atoms with Crippen LogP contribution in [0.2, 0.25) is 0 Å². The highest BCUT2D eigenvalue weighted by Gasteiger charge is 2.06. The Kier molecular flexibility index (Phi) is 8.23. The summed E-state index contributed by atoms with van der Waals surface area (Å²) in [6, 6.07) is 5.92. The van der Waals surface area contributed by atoms with Crippen LogP contribution in [0.1, 0.15) is 17.9 Å². The third-order valence-electron chi connectivity index (χ3n) is 3.84. The van der Waals surface area contributed by atoms with Gasteiger partial charge >= 0.3 is 0 Å². The number of anilines is 1. The van der Waals surface area contributed by atoms with Gasteiger partial charge in [-0.3, -0.25) is 9.39 Å². The van der Waals surface area contributed by atoms with E-state index >= 15 is 0 Å². The number of rotatable bonds is 7. The number of nitrogens with zero attached hydrogens (tertiary/aromatic N) is 6. The molecule has 3 aromatic rings. The highest BCUT2D eigenvalue weighted by Crippen LogP contribution is 2.17. The van der Waals surface area contributed by atoms with E-state index in [2.05, 4.69) is 36.2 Å². The van der Waals surface area contributed by atoms with E-state index in [0.717, 1.165) is 47.6 Å². The van der Waals surface area contributed by atoms with Crippen molar-refractivity contribution < 1.29 is 0 Å². The number of aliphatic imine (C=N–C) groups is 1. The average Bonchev–Trinajstić information content (AvgIpc) is 3.28. The van der Waals surface area contributed by atoms with Crippen LogP contribution in [0.5, 0.6) is 0 Å². The fraction of sp³-hybridized carbons (Fsp3) is 0.412. The summed E-state index contributed by atoms with van der Waals surface area (Å²) < 4.78 is 2.03. The lowest BCUT2D eigenvalue weighted by Gasteiger charge is -2.11. The molecule has 0 spiro atoms. The summed E-state index contributed by atoms with van der Waals surface area (Å²) in [5.41, 5.74) is 1.89. The molecule has 0 bridgehead atoms. The number of aryl methyl sites for hydroxylation is 1. The Labute approximate surface area is 180 Å². The maximum absolute atomic E-state index is 4.56. The molecule has 2 N–H and O–H groups in total. The lowest BCUT2D eigenvalue weighted by Crippen LogP contribution is -2.37. The first-order valence-corrected chi connectivity index (χ1v) is 9.40. The molecule has 0 radical (unpaired) electrons. The average molecular weight is 500 g/mol. The van der Waals surface area contributed by atoms with Crippen LogP contribution in [0.15, 0.2) is 34.8 Å². The molecule has 0 saturated carbocycles. The molecule has 27 heavy (non-hydrogen) atoms. The molecule has 8 nitrogen and oxygen atoms in total. The highest BCUT2D eigenvalue weighted by molar-refractivity contribution is 14.0. The van der Waals surface area contributed by atoms with E-state index in [9.17, 15) is 0 Å². The standard InChI is InChI=1S/C17H24N8S.HI/c1-18-16(20-11-13-12-26-17(21-13)24(2)3)19-9-6-8-15-23-22-14-7-4-5-10-25(14)15;/h4-5,7,10,12H,6,8-9,11H2,1-3H3,(H2,18,19,20);1H. The molecule has 0 aliphatic rings. The molecule has 0 aromatic carbocycles. The first-order chi connectivity index (χ1) is 12.7. The Morgan fingerprint density at radius 2 is 2.11 bits per heavy atom. The molecule has 0 aliphatic heterocycles. The van der Waals surface area contributed by atoms with Crippen molar-refractivity contribution in [3.05, 3.63) is 41.3 Å². The van der Waals surface area contributed by atoms with Gasteiger partial charge in [-0.15, -0.1) is 45.5 Å². The van der Waals surface area contributed by atoms with Crippen LogP contribution in [0.4, 0.5) is 5.13 Å². The van der Waals surface area contributed by atoms with Crippen molar-refractivity contribution >= 4 is 52.1 Å². The summed E-state index contributed by atoms with van der Waals surface area (Å²) in [7, 11) is 5.76. The van der Waals surface area contributed by atoms with Crippen LogP contribution < -0.4 is 15.5 Å². The van der Waals surface area contributed by atoms with E-state index in [1.54, 1.807) is 18.4 Å². The van der Waals surface area contributed by atoms with Gasteiger partial charge in [0.1, 0.15) is 5.82 Å². The van der Waals surface area contributed by atoms with E-state index in [4.69, 9.17) is 0 Å². The maximum Gasteiger partial charge on any atom is 0.191 e. The fourth-order valence-electron chi connectivity index (χ4n) is 2.49. The molecule has 0 unspecified atom stereocenters. The number of halogens is 1. The van der Waals surface area contributed by atoms with Crippen LogP contribution >= 0.6 is 35.3 Å². The number of guanidine groups is 1. The van der Waals surface area contributed by atoms with Gasteiger partial charge in [0, 0.05) is 45.7 Å². The minimum atomic E-state index is 0. The Balaban J connectivity index is 0.00000261. The minimum Gasteiger partial charge on any atom is -0.356 e. The Bertz CT molecular complexity index is 873. The number of hydrogen-bond donors (Lipinski definition) is 2. The minimum absolute atomic E-state index is 0. The number of pyridine rings is 1. The molecule has 0 saturated heterocycles. The van der Waals surface area contributed by atoms with Gasteiger partial charge in [-0.25, -0.2) is 4.98 Å². The second kappa shape index (κ2) is 10.4. The lowest BCUT2D eigenvalue weighted by molar-refractivity contribution is 0.712. The molecule has 0 fully saturated rings. The van der Waals surface area contributed by atoms with Crippen molar-refractivity contribution in [2.45, 2.75) is 19.4 Å². The molecule has 3 rings (SSSR count). The van der Waals surface area contributed by atoms with Gasteiger partial charge in [0.25, 0.3) is 0 Å². The molecular weight excluding hydrogens is 475 g/mol. The molecule has 10 heteroatoms. The normalized spacial score (nSPS) is 11.3. The van der Waals surface area contributed by atoms with Gasteiger partial charge in [-0.2, -0.15) is 0 Å². The fourth-order valence-corrected chi connectivity index (χ4v) is 3.25. The summed E-state index contributed by atoms with van der Waals surface area (Å²) in [5.74, 6) is 1.75. The number of nitrogens with one attached hydrogen (secondary N) is 2. The van der Waals surface area contributed by atoms with Crippen LogP contribution in [-0.4, -0.2) is 53.2 Å². The van der Waals surface area contributed by atoms with Crippen molar-refractivity contribution in [1.29, 1.82) is 0 Å². The van der Waals surface area contributed by atoms with E-state index < -0.39 is 0 Å². The Hall–Kier alpha value is -1.95. The Morgan fingerprint density at radius 3 is 2.85 bits per heavy atom. The number of aromatic nitrogens is 4. The van der Waals surface area contributed by atoms with Gasteiger partial charge in [-0.05, 0) is 18.6 Å². The van der Waals surface area contributed by atoms with Crippen molar-refractivity contribution in [1.82, 2.24) is 30.2 Å². The monoisotopic (exact) mass is 500 g/mol. The van der Waals surface area contributed by atoms with Crippen LogP contribution in [0, 0.1) is 0 Å². The number of thiazole rings is 1. The topological polar surface area (TPSA) is 82.7 Å². The quantitative estimate of drug-likeness (QED) is 0.224. The summed E-state index contributed by atoms with van der Waals surface area (Å²) in [4.78, 5) is 10.8. The zero-order valence-corrected chi connectivity index (χ0v) is 18.9. The molecule has 0 aliphatic carbocycles.